The van der Waals surface area contributed by atoms with Crippen molar-refractivity contribution in [3.63, 3.8) is 0 Å². The van der Waals surface area contributed by atoms with Crippen molar-refractivity contribution >= 4 is 19.8 Å². The number of rotatable bonds is 0. The molecule has 1 aliphatic heterocycles. The first-order chi connectivity index (χ1) is 2.89. The zero-order chi connectivity index (χ0) is 4.41. The summed E-state index contributed by atoms with van der Waals surface area (Å²) in [5, 5.41) is 0. The van der Waals surface area contributed by atoms with Gasteiger partial charge in [-0.3, -0.25) is 4.72 Å². The van der Waals surface area contributed by atoms with Gasteiger partial charge in [0.25, 0.3) is 0 Å². The standard InChI is InChI=1S/C3H6BNS/c4-3-1-2-5-6-3/h1,5H,2,4H2. The van der Waals surface area contributed by atoms with Crippen LogP contribution in [0.3, 0.4) is 0 Å². The second kappa shape index (κ2) is 1.71. The average molecular weight is 99.0 g/mol. The normalized spacial score (nSPS) is 21.0. The summed E-state index contributed by atoms with van der Waals surface area (Å²) in [6.45, 7) is 1.04. The van der Waals surface area contributed by atoms with Gasteiger partial charge < -0.3 is 0 Å². The van der Waals surface area contributed by atoms with Crippen LogP contribution >= 0.6 is 11.9 Å². The second-order valence-corrected chi connectivity index (χ2v) is 2.40. The molecule has 0 bridgehead atoms. The number of hydrogen-bond donors (Lipinski definition) is 1. The van der Waals surface area contributed by atoms with Crippen LogP contribution in [0.15, 0.2) is 10.9 Å². The molecule has 6 heavy (non-hydrogen) atoms. The average Bonchev–Trinajstić information content (AvgIpc) is 1.86. The van der Waals surface area contributed by atoms with Gasteiger partial charge in [0.15, 0.2) is 0 Å². The van der Waals surface area contributed by atoms with Crippen molar-refractivity contribution in [1.29, 1.82) is 0 Å². The van der Waals surface area contributed by atoms with Crippen LogP contribution in [0.2, 0.25) is 0 Å². The highest BCUT2D eigenvalue weighted by Crippen LogP contribution is 2.10. The van der Waals surface area contributed by atoms with E-state index in [4.69, 9.17) is 0 Å². The topological polar surface area (TPSA) is 12.0 Å². The molecule has 1 N–H and O–H groups in total. The molecule has 0 atom stereocenters. The molecular formula is C3H6BNS. The molecule has 0 saturated heterocycles. The zero-order valence-corrected chi connectivity index (χ0v) is 4.51. The summed E-state index contributed by atoms with van der Waals surface area (Å²) in [6, 6.07) is 0. The Bertz CT molecular complexity index is 80.9. The van der Waals surface area contributed by atoms with Crippen molar-refractivity contribution in [2.75, 3.05) is 6.54 Å². The summed E-state index contributed by atoms with van der Waals surface area (Å²) < 4.78 is 3.10. The Balaban J connectivity index is 2.45. The van der Waals surface area contributed by atoms with Crippen molar-refractivity contribution in [1.82, 2.24) is 4.72 Å². The summed E-state index contributed by atoms with van der Waals surface area (Å²) in [5.41, 5.74) is 0. The Morgan fingerprint density at radius 1 is 2.00 bits per heavy atom. The van der Waals surface area contributed by atoms with E-state index >= 15 is 0 Å². The van der Waals surface area contributed by atoms with Crippen LogP contribution < -0.4 is 4.72 Å². The minimum atomic E-state index is 1.04. The maximum atomic E-state index is 3.10. The van der Waals surface area contributed by atoms with E-state index in [0.717, 1.165) is 6.54 Å². The summed E-state index contributed by atoms with van der Waals surface area (Å²) in [6.07, 6.45) is 2.17. The Kier molecular flexibility index (Phi) is 1.22. The number of nitrogens with one attached hydrogen (secondary N) is 1. The maximum absolute atomic E-state index is 3.10. The van der Waals surface area contributed by atoms with E-state index in [1.54, 1.807) is 11.9 Å². The fourth-order valence-corrected chi connectivity index (χ4v) is 0.944. The molecule has 0 aromatic heterocycles. The lowest BCUT2D eigenvalue weighted by Gasteiger charge is -1.82. The molecule has 3 heteroatoms. The van der Waals surface area contributed by atoms with Crippen LogP contribution in [0.25, 0.3) is 0 Å². The molecule has 0 aromatic carbocycles. The predicted molar refractivity (Wildman–Crippen MR) is 32.2 cm³/mol. The Labute approximate surface area is 42.7 Å². The van der Waals surface area contributed by atoms with Crippen molar-refractivity contribution in [3.05, 3.63) is 10.9 Å². The Morgan fingerprint density at radius 2 is 2.83 bits per heavy atom. The van der Waals surface area contributed by atoms with Crippen LogP contribution in [0.1, 0.15) is 0 Å². The fraction of sp³-hybridized carbons (Fsp3) is 0.333. The van der Waals surface area contributed by atoms with Gasteiger partial charge >= 0.3 is 0 Å². The van der Waals surface area contributed by atoms with Crippen LogP contribution in [0, 0.1) is 0 Å². The van der Waals surface area contributed by atoms with Gasteiger partial charge in [-0.15, -0.1) is 0 Å². The molecule has 1 nitrogen and oxygen atoms in total. The largest absolute Gasteiger partial charge is 0.257 e. The van der Waals surface area contributed by atoms with E-state index in [1.165, 1.54) is 4.80 Å². The highest BCUT2D eigenvalue weighted by Gasteiger charge is 1.94. The van der Waals surface area contributed by atoms with Crippen LogP contribution in [-0.4, -0.2) is 14.4 Å². The summed E-state index contributed by atoms with van der Waals surface area (Å²) >= 11 is 1.71. The lowest BCUT2D eigenvalue weighted by atomic mass is 10.1. The highest BCUT2D eigenvalue weighted by molar-refractivity contribution is 8.02. The van der Waals surface area contributed by atoms with Crippen molar-refractivity contribution in [3.8, 4) is 0 Å². The lowest BCUT2D eigenvalue weighted by molar-refractivity contribution is 1.16. The fourth-order valence-electron chi connectivity index (χ4n) is 0.383. The van der Waals surface area contributed by atoms with Crippen LogP contribution in [-0.2, 0) is 0 Å². The third-order valence-electron chi connectivity index (χ3n) is 0.706. The summed E-state index contributed by atoms with van der Waals surface area (Å²) in [5.74, 6) is 0. The van der Waals surface area contributed by atoms with E-state index in [1.807, 2.05) is 0 Å². The molecule has 0 amide bonds. The first-order valence-electron chi connectivity index (χ1n) is 1.96. The van der Waals surface area contributed by atoms with Crippen LogP contribution in [0.5, 0.6) is 0 Å². The van der Waals surface area contributed by atoms with E-state index in [2.05, 4.69) is 18.6 Å². The Hall–Kier alpha value is 0.115. The van der Waals surface area contributed by atoms with Gasteiger partial charge in [-0.05, 0) is 4.80 Å². The minimum absolute atomic E-state index is 1.04. The zero-order valence-electron chi connectivity index (χ0n) is 3.69. The highest BCUT2D eigenvalue weighted by atomic mass is 32.2. The molecule has 32 valence electrons. The van der Waals surface area contributed by atoms with E-state index in [0.29, 0.717) is 0 Å². The molecule has 0 saturated carbocycles. The van der Waals surface area contributed by atoms with Gasteiger partial charge in [-0.1, -0.05) is 18.0 Å². The van der Waals surface area contributed by atoms with Crippen LogP contribution in [0.4, 0.5) is 0 Å². The van der Waals surface area contributed by atoms with Crippen molar-refractivity contribution in [2.24, 2.45) is 0 Å². The molecule has 0 spiro atoms. The third-order valence-corrected chi connectivity index (χ3v) is 1.51. The minimum Gasteiger partial charge on any atom is -0.257 e. The summed E-state index contributed by atoms with van der Waals surface area (Å²) in [4.78, 5) is 1.38. The molecule has 0 aliphatic carbocycles. The van der Waals surface area contributed by atoms with Crippen molar-refractivity contribution in [2.45, 2.75) is 0 Å². The van der Waals surface area contributed by atoms with Gasteiger partial charge in [0, 0.05) is 6.54 Å². The SMILES string of the molecule is BC1=CCNS1. The molecule has 0 radical (unpaired) electrons. The lowest BCUT2D eigenvalue weighted by Crippen LogP contribution is -1.92. The monoisotopic (exact) mass is 99.0 g/mol. The van der Waals surface area contributed by atoms with E-state index in [-0.39, 0.29) is 0 Å². The smallest absolute Gasteiger partial charge is 0.149 e. The molecule has 1 heterocycles. The van der Waals surface area contributed by atoms with Gasteiger partial charge in [0.1, 0.15) is 7.85 Å². The molecule has 0 aromatic rings. The van der Waals surface area contributed by atoms with E-state index < -0.39 is 0 Å². The van der Waals surface area contributed by atoms with Gasteiger partial charge in [0.05, 0.1) is 0 Å². The Morgan fingerprint density at radius 3 is 3.00 bits per heavy atom. The van der Waals surface area contributed by atoms with Gasteiger partial charge in [-0.25, -0.2) is 0 Å². The predicted octanol–water partition coefficient (Wildman–Crippen LogP) is -0.288. The molecule has 1 rings (SSSR count). The molecule has 0 fully saturated rings. The maximum Gasteiger partial charge on any atom is 0.149 e. The third kappa shape index (κ3) is 0.789. The first kappa shape index (κ1) is 4.28. The van der Waals surface area contributed by atoms with E-state index in [9.17, 15) is 0 Å². The second-order valence-electron chi connectivity index (χ2n) is 1.27. The van der Waals surface area contributed by atoms with Crippen molar-refractivity contribution < 1.29 is 0 Å². The van der Waals surface area contributed by atoms with Gasteiger partial charge in [-0.2, -0.15) is 0 Å². The first-order valence-corrected chi connectivity index (χ1v) is 2.78. The molecule has 1 aliphatic rings. The quantitative estimate of drug-likeness (QED) is 0.331. The molecule has 0 unspecified atom stereocenters. The molecular weight excluding hydrogens is 92.9 g/mol. The summed E-state index contributed by atoms with van der Waals surface area (Å²) in [7, 11) is 2.10. The van der Waals surface area contributed by atoms with Gasteiger partial charge in [0.2, 0.25) is 0 Å². The number of hydrogen-bond acceptors (Lipinski definition) is 2.